The number of hydrogen-bond acceptors (Lipinski definition) is 6. The second-order valence-electron chi connectivity index (χ2n) is 6.16. The van der Waals surface area contributed by atoms with Crippen molar-refractivity contribution in [3.63, 3.8) is 0 Å². The number of rotatable bonds is 6. The summed E-state index contributed by atoms with van der Waals surface area (Å²) in [4.78, 5) is 23.6. The molecular formula is C18H23N5O2. The third-order valence-corrected chi connectivity index (χ3v) is 3.90. The Labute approximate surface area is 147 Å². The maximum atomic E-state index is 10.8. The molecule has 1 aliphatic rings. The van der Waals surface area contributed by atoms with Gasteiger partial charge in [0, 0.05) is 32.4 Å². The molecule has 1 fully saturated rings. The molecular weight excluding hydrogens is 318 g/mol. The number of nitrogens with one attached hydrogen (secondary N) is 1. The standard InChI is InChI=1S/C18H23N5O2/c1-14(2)25-16-6-4-3-5-15(16)20-17-7-8-19-18(21-17)23-11-9-22(13-24)10-12-23/h3-8,13-14H,9-12H2,1-2H3,(H,19,20,21). The zero-order valence-corrected chi connectivity index (χ0v) is 14.6. The fraction of sp³-hybridized carbons (Fsp3) is 0.389. The summed E-state index contributed by atoms with van der Waals surface area (Å²) in [7, 11) is 0. The molecule has 25 heavy (non-hydrogen) atoms. The number of aromatic nitrogens is 2. The maximum absolute atomic E-state index is 10.8. The highest BCUT2D eigenvalue weighted by atomic mass is 16.5. The highest BCUT2D eigenvalue weighted by Crippen LogP contribution is 2.28. The van der Waals surface area contributed by atoms with Crippen LogP contribution in [0.2, 0.25) is 0 Å². The van der Waals surface area contributed by atoms with Gasteiger partial charge in [0.15, 0.2) is 0 Å². The number of nitrogens with zero attached hydrogens (tertiary/aromatic N) is 4. The van der Waals surface area contributed by atoms with Crippen molar-refractivity contribution >= 4 is 23.9 Å². The van der Waals surface area contributed by atoms with Crippen LogP contribution in [0.3, 0.4) is 0 Å². The number of para-hydroxylation sites is 2. The maximum Gasteiger partial charge on any atom is 0.227 e. The molecule has 0 aliphatic carbocycles. The van der Waals surface area contributed by atoms with E-state index in [1.807, 2.05) is 44.2 Å². The molecule has 1 aliphatic heterocycles. The van der Waals surface area contributed by atoms with E-state index in [9.17, 15) is 4.79 Å². The second-order valence-corrected chi connectivity index (χ2v) is 6.16. The first-order chi connectivity index (χ1) is 12.2. The fourth-order valence-electron chi connectivity index (χ4n) is 2.66. The molecule has 0 saturated carbocycles. The Morgan fingerprint density at radius 1 is 1.16 bits per heavy atom. The van der Waals surface area contributed by atoms with Crippen LogP contribution in [0.25, 0.3) is 0 Å². The Kier molecular flexibility index (Phi) is 5.33. The first-order valence-electron chi connectivity index (χ1n) is 8.46. The van der Waals surface area contributed by atoms with Crippen LogP contribution >= 0.6 is 0 Å². The molecule has 132 valence electrons. The van der Waals surface area contributed by atoms with Crippen LogP contribution in [0.4, 0.5) is 17.5 Å². The van der Waals surface area contributed by atoms with Crippen LogP contribution in [-0.2, 0) is 4.79 Å². The van der Waals surface area contributed by atoms with Gasteiger partial charge in [-0.1, -0.05) is 12.1 Å². The van der Waals surface area contributed by atoms with Crippen LogP contribution in [0, 0.1) is 0 Å². The molecule has 0 radical (unpaired) electrons. The van der Waals surface area contributed by atoms with Gasteiger partial charge in [0.1, 0.15) is 11.6 Å². The van der Waals surface area contributed by atoms with Crippen molar-refractivity contribution in [1.82, 2.24) is 14.9 Å². The van der Waals surface area contributed by atoms with Gasteiger partial charge in [0.25, 0.3) is 0 Å². The Bertz CT molecular complexity index is 714. The Morgan fingerprint density at radius 3 is 2.64 bits per heavy atom. The third kappa shape index (κ3) is 4.37. The molecule has 2 heterocycles. The van der Waals surface area contributed by atoms with Crippen molar-refractivity contribution in [2.45, 2.75) is 20.0 Å². The van der Waals surface area contributed by atoms with E-state index in [1.165, 1.54) is 0 Å². The Hall–Kier alpha value is -2.83. The lowest BCUT2D eigenvalue weighted by Crippen LogP contribution is -2.46. The van der Waals surface area contributed by atoms with E-state index in [1.54, 1.807) is 11.1 Å². The van der Waals surface area contributed by atoms with E-state index in [4.69, 9.17) is 4.74 Å². The van der Waals surface area contributed by atoms with Crippen molar-refractivity contribution in [1.29, 1.82) is 0 Å². The molecule has 7 heteroatoms. The Morgan fingerprint density at radius 2 is 1.92 bits per heavy atom. The molecule has 1 amide bonds. The van der Waals surface area contributed by atoms with Gasteiger partial charge in [-0.15, -0.1) is 0 Å². The summed E-state index contributed by atoms with van der Waals surface area (Å²) in [5, 5.41) is 3.31. The van der Waals surface area contributed by atoms with E-state index >= 15 is 0 Å². The van der Waals surface area contributed by atoms with Gasteiger partial charge >= 0.3 is 0 Å². The van der Waals surface area contributed by atoms with Crippen molar-refractivity contribution in [2.75, 3.05) is 36.4 Å². The fourth-order valence-corrected chi connectivity index (χ4v) is 2.66. The first-order valence-corrected chi connectivity index (χ1v) is 8.46. The van der Waals surface area contributed by atoms with Crippen LogP contribution < -0.4 is 15.0 Å². The average molecular weight is 341 g/mol. The van der Waals surface area contributed by atoms with Gasteiger partial charge in [0.2, 0.25) is 12.4 Å². The lowest BCUT2D eigenvalue weighted by atomic mass is 10.3. The van der Waals surface area contributed by atoms with E-state index in [-0.39, 0.29) is 6.10 Å². The largest absolute Gasteiger partial charge is 0.489 e. The smallest absolute Gasteiger partial charge is 0.227 e. The third-order valence-electron chi connectivity index (χ3n) is 3.90. The quantitative estimate of drug-likeness (QED) is 0.813. The van der Waals surface area contributed by atoms with E-state index in [0.29, 0.717) is 24.9 Å². The molecule has 0 spiro atoms. The number of carbonyl (C=O) groups excluding carboxylic acids is 1. The summed E-state index contributed by atoms with van der Waals surface area (Å²) in [5.41, 5.74) is 0.867. The molecule has 2 aromatic rings. The van der Waals surface area contributed by atoms with Crippen molar-refractivity contribution in [2.24, 2.45) is 0 Å². The van der Waals surface area contributed by atoms with Gasteiger partial charge in [-0.2, -0.15) is 4.98 Å². The van der Waals surface area contributed by atoms with Gasteiger partial charge < -0.3 is 19.9 Å². The molecule has 7 nitrogen and oxygen atoms in total. The number of amides is 1. The summed E-state index contributed by atoms with van der Waals surface area (Å²) in [5.74, 6) is 2.16. The highest BCUT2D eigenvalue weighted by molar-refractivity contribution is 5.64. The van der Waals surface area contributed by atoms with Gasteiger partial charge in [0.05, 0.1) is 11.8 Å². The zero-order valence-electron chi connectivity index (χ0n) is 14.6. The molecule has 1 N–H and O–H groups in total. The number of piperazine rings is 1. The first kappa shape index (κ1) is 17.0. The molecule has 1 aromatic carbocycles. The van der Waals surface area contributed by atoms with Gasteiger partial charge in [-0.25, -0.2) is 4.98 Å². The molecule has 1 saturated heterocycles. The highest BCUT2D eigenvalue weighted by Gasteiger charge is 2.18. The number of ether oxygens (including phenoxy) is 1. The number of anilines is 3. The van der Waals surface area contributed by atoms with Crippen molar-refractivity contribution < 1.29 is 9.53 Å². The monoisotopic (exact) mass is 341 g/mol. The minimum atomic E-state index is 0.0954. The number of benzene rings is 1. The molecule has 1 aromatic heterocycles. The Balaban J connectivity index is 1.73. The van der Waals surface area contributed by atoms with E-state index < -0.39 is 0 Å². The summed E-state index contributed by atoms with van der Waals surface area (Å²) >= 11 is 0. The van der Waals surface area contributed by atoms with Crippen LogP contribution in [0.1, 0.15) is 13.8 Å². The van der Waals surface area contributed by atoms with Gasteiger partial charge in [-0.3, -0.25) is 4.79 Å². The average Bonchev–Trinajstić information content (AvgIpc) is 2.63. The van der Waals surface area contributed by atoms with E-state index in [2.05, 4.69) is 20.2 Å². The van der Waals surface area contributed by atoms with Crippen LogP contribution in [0.15, 0.2) is 36.5 Å². The molecule has 0 atom stereocenters. The minimum Gasteiger partial charge on any atom is -0.489 e. The number of carbonyl (C=O) groups is 1. The molecule has 0 unspecified atom stereocenters. The zero-order chi connectivity index (χ0) is 17.6. The van der Waals surface area contributed by atoms with E-state index in [0.717, 1.165) is 30.9 Å². The lowest BCUT2D eigenvalue weighted by molar-refractivity contribution is -0.118. The lowest BCUT2D eigenvalue weighted by Gasteiger charge is -2.32. The van der Waals surface area contributed by atoms with Crippen molar-refractivity contribution in [3.05, 3.63) is 36.5 Å². The summed E-state index contributed by atoms with van der Waals surface area (Å²) in [6.07, 6.45) is 2.72. The molecule has 3 rings (SSSR count). The normalized spacial score (nSPS) is 14.5. The minimum absolute atomic E-state index is 0.0954. The topological polar surface area (TPSA) is 70.6 Å². The van der Waals surface area contributed by atoms with Crippen LogP contribution in [-0.4, -0.2) is 53.6 Å². The summed E-state index contributed by atoms with van der Waals surface area (Å²) in [6, 6.07) is 9.62. The summed E-state index contributed by atoms with van der Waals surface area (Å²) < 4.78 is 5.83. The predicted octanol–water partition coefficient (Wildman–Crippen LogP) is 2.29. The van der Waals surface area contributed by atoms with Crippen molar-refractivity contribution in [3.8, 4) is 5.75 Å². The summed E-state index contributed by atoms with van der Waals surface area (Å²) in [6.45, 7) is 6.84. The molecule has 0 bridgehead atoms. The predicted molar refractivity (Wildman–Crippen MR) is 97.4 cm³/mol. The van der Waals surface area contributed by atoms with Crippen LogP contribution in [0.5, 0.6) is 5.75 Å². The second kappa shape index (κ2) is 7.83. The SMILES string of the molecule is CC(C)Oc1ccccc1Nc1ccnc(N2CCN(C=O)CC2)n1. The van der Waals surface area contributed by atoms with Gasteiger partial charge in [-0.05, 0) is 32.0 Å². The number of hydrogen-bond donors (Lipinski definition) is 1.